The molecule has 0 amide bonds. The van der Waals surface area contributed by atoms with Crippen molar-refractivity contribution in [2.24, 2.45) is 0 Å². The second kappa shape index (κ2) is 12.0. The fourth-order valence-corrected chi connectivity index (χ4v) is 4.80. The predicted octanol–water partition coefficient (Wildman–Crippen LogP) is 6.09. The Morgan fingerprint density at radius 2 is 1.40 bits per heavy atom. The van der Waals surface area contributed by atoms with E-state index in [1.54, 1.807) is 48.2 Å². The molecule has 35 heavy (non-hydrogen) atoms. The van der Waals surface area contributed by atoms with Crippen LogP contribution in [0.2, 0.25) is 0 Å². The van der Waals surface area contributed by atoms with Crippen molar-refractivity contribution >= 4 is 29.3 Å². The van der Waals surface area contributed by atoms with E-state index in [0.717, 1.165) is 14.7 Å². The quantitative estimate of drug-likeness (QED) is 0.254. The summed E-state index contributed by atoms with van der Waals surface area (Å²) in [5.41, 5.74) is 0.855. The van der Waals surface area contributed by atoms with Crippen molar-refractivity contribution in [1.82, 2.24) is 0 Å². The van der Waals surface area contributed by atoms with Gasteiger partial charge in [-0.05, 0) is 66.7 Å². The smallest absolute Gasteiger partial charge is 0.193 e. The summed E-state index contributed by atoms with van der Waals surface area (Å²) in [5.74, 6) is -0.0130. The summed E-state index contributed by atoms with van der Waals surface area (Å²) in [6.07, 6.45) is -0.899. The van der Waals surface area contributed by atoms with E-state index in [0.29, 0.717) is 21.8 Å². The summed E-state index contributed by atoms with van der Waals surface area (Å²) < 4.78 is 20.1. The molecule has 4 rings (SSSR count). The Hall–Kier alpha value is -3.10. The number of benzene rings is 4. The van der Waals surface area contributed by atoms with E-state index in [9.17, 15) is 14.3 Å². The van der Waals surface area contributed by atoms with Crippen LogP contribution in [0.4, 0.5) is 4.39 Å². The van der Waals surface area contributed by atoms with Gasteiger partial charge < -0.3 is 14.9 Å². The topological polar surface area (TPSA) is 66.8 Å². The van der Waals surface area contributed by atoms with E-state index < -0.39 is 11.9 Å². The first-order valence-electron chi connectivity index (χ1n) is 10.9. The second-order valence-electron chi connectivity index (χ2n) is 7.63. The molecule has 4 nitrogen and oxygen atoms in total. The Labute approximate surface area is 211 Å². The SMILES string of the molecule is O=C(c1ccccc1)c1ccc(Sc2ccc(Sc3ccc(OCC(O)CO)cc3)cc2)c(F)c1. The number of carbonyl (C=O) groups excluding carboxylic acids is 1. The average Bonchev–Trinajstić information content (AvgIpc) is 2.90. The highest BCUT2D eigenvalue weighted by Gasteiger charge is 2.13. The molecule has 4 aromatic carbocycles. The third-order valence-corrected chi connectivity index (χ3v) is 7.07. The number of rotatable bonds is 10. The molecule has 2 N–H and O–H groups in total. The Bertz CT molecular complexity index is 1260. The van der Waals surface area contributed by atoms with Gasteiger partial charge in [0.2, 0.25) is 0 Å². The van der Waals surface area contributed by atoms with Crippen molar-refractivity contribution in [2.75, 3.05) is 13.2 Å². The molecular formula is C28H23FO4S2. The van der Waals surface area contributed by atoms with Crippen LogP contribution in [0.5, 0.6) is 5.75 Å². The maximum absolute atomic E-state index is 14.7. The zero-order chi connectivity index (χ0) is 24.6. The Morgan fingerprint density at radius 3 is 2.00 bits per heavy atom. The third kappa shape index (κ3) is 6.96. The predicted molar refractivity (Wildman–Crippen MR) is 136 cm³/mol. The molecule has 0 aliphatic carbocycles. The summed E-state index contributed by atoms with van der Waals surface area (Å²) in [7, 11) is 0. The lowest BCUT2D eigenvalue weighted by atomic mass is 10.0. The van der Waals surface area contributed by atoms with Gasteiger partial charge in [0.05, 0.1) is 6.61 Å². The van der Waals surface area contributed by atoms with E-state index in [1.807, 2.05) is 54.6 Å². The molecule has 0 radical (unpaired) electrons. The number of ketones is 1. The maximum atomic E-state index is 14.7. The lowest BCUT2D eigenvalue weighted by Crippen LogP contribution is -2.21. The monoisotopic (exact) mass is 506 g/mol. The number of halogens is 1. The fourth-order valence-electron chi connectivity index (χ4n) is 3.17. The minimum absolute atomic E-state index is 0.0365. The minimum atomic E-state index is -0.899. The van der Waals surface area contributed by atoms with Crippen LogP contribution in [0, 0.1) is 5.82 Å². The molecule has 0 aliphatic rings. The van der Waals surface area contributed by atoms with Crippen LogP contribution in [0.1, 0.15) is 15.9 Å². The van der Waals surface area contributed by atoms with Crippen molar-refractivity contribution < 1.29 is 24.1 Å². The molecular weight excluding hydrogens is 483 g/mol. The number of aliphatic hydroxyl groups excluding tert-OH is 2. The molecule has 1 unspecified atom stereocenters. The molecule has 0 bridgehead atoms. The first-order valence-corrected chi connectivity index (χ1v) is 12.5. The summed E-state index contributed by atoms with van der Waals surface area (Å²) in [6.45, 7) is -0.303. The van der Waals surface area contributed by atoms with Crippen LogP contribution < -0.4 is 4.74 Å². The van der Waals surface area contributed by atoms with Crippen molar-refractivity contribution in [3.63, 3.8) is 0 Å². The van der Waals surface area contributed by atoms with Gasteiger partial charge in [-0.2, -0.15) is 0 Å². The van der Waals surface area contributed by atoms with Crippen molar-refractivity contribution in [3.05, 3.63) is 114 Å². The molecule has 0 heterocycles. The zero-order valence-electron chi connectivity index (χ0n) is 18.6. The number of aliphatic hydroxyl groups is 2. The first kappa shape index (κ1) is 25.0. The zero-order valence-corrected chi connectivity index (χ0v) is 20.3. The minimum Gasteiger partial charge on any atom is -0.491 e. The van der Waals surface area contributed by atoms with Gasteiger partial charge in [-0.15, -0.1) is 0 Å². The standard InChI is InChI=1S/C28H23FO4S2/c29-26-16-20(28(32)19-4-2-1-3-5-19)6-15-27(26)35-25-13-11-24(12-14-25)34-23-9-7-22(8-10-23)33-18-21(31)17-30/h1-16,21,30-31H,17-18H2. The lowest BCUT2D eigenvalue weighted by molar-refractivity contribution is 0.0536. The molecule has 0 fully saturated rings. The van der Waals surface area contributed by atoms with Gasteiger partial charge in [0, 0.05) is 30.7 Å². The highest BCUT2D eigenvalue weighted by Crippen LogP contribution is 2.34. The van der Waals surface area contributed by atoms with E-state index >= 15 is 0 Å². The third-order valence-electron chi connectivity index (χ3n) is 4.99. The Morgan fingerprint density at radius 1 is 0.800 bits per heavy atom. The second-order valence-corrected chi connectivity index (χ2v) is 9.90. The lowest BCUT2D eigenvalue weighted by Gasteiger charge is -2.10. The van der Waals surface area contributed by atoms with Gasteiger partial charge in [0.25, 0.3) is 0 Å². The molecule has 4 aromatic rings. The number of carbonyl (C=O) groups is 1. The summed E-state index contributed by atoms with van der Waals surface area (Å²) in [4.78, 5) is 15.9. The summed E-state index contributed by atoms with van der Waals surface area (Å²) >= 11 is 2.89. The molecule has 0 spiro atoms. The summed E-state index contributed by atoms with van der Waals surface area (Å²) in [6, 6.07) is 28.7. The number of hydrogen-bond acceptors (Lipinski definition) is 6. The van der Waals surface area contributed by atoms with Gasteiger partial charge in [-0.1, -0.05) is 53.9 Å². The van der Waals surface area contributed by atoms with Crippen molar-refractivity contribution in [1.29, 1.82) is 0 Å². The van der Waals surface area contributed by atoms with Crippen LogP contribution in [0.3, 0.4) is 0 Å². The van der Waals surface area contributed by atoms with Crippen LogP contribution in [0.15, 0.2) is 117 Å². The highest BCUT2D eigenvalue weighted by molar-refractivity contribution is 7.99. The van der Waals surface area contributed by atoms with Crippen LogP contribution in [-0.2, 0) is 0 Å². The van der Waals surface area contributed by atoms with Gasteiger partial charge in [0.15, 0.2) is 5.78 Å². The normalized spacial score (nSPS) is 11.7. The maximum Gasteiger partial charge on any atom is 0.193 e. The van der Waals surface area contributed by atoms with Crippen LogP contribution >= 0.6 is 23.5 Å². The van der Waals surface area contributed by atoms with E-state index in [1.165, 1.54) is 17.8 Å². The highest BCUT2D eigenvalue weighted by atomic mass is 32.2. The summed E-state index contributed by atoms with van der Waals surface area (Å²) in [5, 5.41) is 18.2. The number of hydrogen-bond donors (Lipinski definition) is 2. The average molecular weight is 507 g/mol. The molecule has 1 atom stereocenters. The molecule has 0 aliphatic heterocycles. The molecule has 178 valence electrons. The largest absolute Gasteiger partial charge is 0.491 e. The van der Waals surface area contributed by atoms with Gasteiger partial charge in [0.1, 0.15) is 24.3 Å². The van der Waals surface area contributed by atoms with Crippen molar-refractivity contribution in [2.45, 2.75) is 25.7 Å². The van der Waals surface area contributed by atoms with E-state index in [-0.39, 0.29) is 19.0 Å². The first-order chi connectivity index (χ1) is 17.0. The van der Waals surface area contributed by atoms with Crippen LogP contribution in [-0.4, -0.2) is 35.3 Å². The van der Waals surface area contributed by atoms with Gasteiger partial charge >= 0.3 is 0 Å². The molecule has 0 saturated carbocycles. The molecule has 0 aromatic heterocycles. The van der Waals surface area contributed by atoms with E-state index in [2.05, 4.69) is 0 Å². The molecule has 7 heteroatoms. The Kier molecular flexibility index (Phi) is 8.60. The molecule has 0 saturated heterocycles. The van der Waals surface area contributed by atoms with Gasteiger partial charge in [-0.3, -0.25) is 4.79 Å². The van der Waals surface area contributed by atoms with E-state index in [4.69, 9.17) is 9.84 Å². The van der Waals surface area contributed by atoms with Crippen molar-refractivity contribution in [3.8, 4) is 5.75 Å². The van der Waals surface area contributed by atoms with Crippen LogP contribution in [0.25, 0.3) is 0 Å². The Balaban J connectivity index is 1.36. The fraction of sp³-hybridized carbons (Fsp3) is 0.107. The number of ether oxygens (including phenoxy) is 1. The van der Waals surface area contributed by atoms with Gasteiger partial charge in [-0.25, -0.2) is 4.39 Å².